The van der Waals surface area contributed by atoms with Crippen LogP contribution < -0.4 is 5.32 Å². The normalized spacial score (nSPS) is 12.3. The van der Waals surface area contributed by atoms with Crippen molar-refractivity contribution in [2.75, 3.05) is 26.2 Å². The van der Waals surface area contributed by atoms with Gasteiger partial charge in [-0.2, -0.15) is 0 Å². The lowest BCUT2D eigenvalue weighted by atomic mass is 9.95. The molecule has 0 spiro atoms. The van der Waals surface area contributed by atoms with Crippen molar-refractivity contribution < 1.29 is 0 Å². The average molecular weight is 256 g/mol. The Morgan fingerprint density at radius 2 is 1.44 bits per heavy atom. The monoisotopic (exact) mass is 256 g/mol. The van der Waals surface area contributed by atoms with Crippen LogP contribution in [0.4, 0.5) is 0 Å². The molecule has 0 aliphatic carbocycles. The third kappa shape index (κ3) is 9.90. The van der Waals surface area contributed by atoms with Crippen molar-refractivity contribution in [1.29, 1.82) is 0 Å². The predicted octanol–water partition coefficient (Wildman–Crippen LogP) is 3.77. The van der Waals surface area contributed by atoms with Gasteiger partial charge in [0.2, 0.25) is 0 Å². The van der Waals surface area contributed by atoms with Gasteiger partial charge in [0.25, 0.3) is 0 Å². The van der Waals surface area contributed by atoms with Gasteiger partial charge in [-0.1, -0.05) is 41.5 Å². The van der Waals surface area contributed by atoms with Gasteiger partial charge < -0.3 is 10.2 Å². The third-order valence-corrected chi connectivity index (χ3v) is 3.36. The molecule has 0 atom stereocenters. The maximum Gasteiger partial charge on any atom is 0.0107 e. The lowest BCUT2D eigenvalue weighted by Gasteiger charge is -2.25. The molecule has 0 amide bonds. The molecule has 0 aromatic rings. The molecule has 0 rings (SSSR count). The van der Waals surface area contributed by atoms with Crippen LogP contribution in [0.2, 0.25) is 0 Å². The van der Waals surface area contributed by atoms with Crippen molar-refractivity contribution in [3.8, 4) is 0 Å². The fraction of sp³-hybridized carbons (Fsp3) is 1.00. The van der Waals surface area contributed by atoms with E-state index in [0.717, 1.165) is 18.4 Å². The van der Waals surface area contributed by atoms with Gasteiger partial charge in [0.15, 0.2) is 0 Å². The van der Waals surface area contributed by atoms with Crippen LogP contribution in [0.15, 0.2) is 0 Å². The maximum absolute atomic E-state index is 3.76. The highest BCUT2D eigenvalue weighted by Gasteiger charge is 2.12. The van der Waals surface area contributed by atoms with E-state index in [2.05, 4.69) is 51.8 Å². The minimum absolute atomic E-state index is 0.699. The highest BCUT2D eigenvalue weighted by atomic mass is 15.1. The van der Waals surface area contributed by atoms with Crippen LogP contribution in [0.1, 0.15) is 60.8 Å². The van der Waals surface area contributed by atoms with E-state index in [1.807, 2.05) is 0 Å². The summed E-state index contributed by atoms with van der Waals surface area (Å²) in [6, 6.07) is 0.699. The van der Waals surface area contributed by atoms with Gasteiger partial charge in [0.05, 0.1) is 0 Å². The van der Waals surface area contributed by atoms with Crippen LogP contribution in [0.5, 0.6) is 0 Å². The highest BCUT2D eigenvalue weighted by Crippen LogP contribution is 2.13. The molecule has 1 N–H and O–H groups in total. The molecule has 2 heteroatoms. The highest BCUT2D eigenvalue weighted by molar-refractivity contribution is 4.71. The molecule has 110 valence electrons. The molecule has 0 aromatic carbocycles. The molecule has 0 aromatic heterocycles. The number of hydrogen-bond acceptors (Lipinski definition) is 2. The van der Waals surface area contributed by atoms with Crippen molar-refractivity contribution in [1.82, 2.24) is 10.2 Å². The van der Waals surface area contributed by atoms with Crippen LogP contribution in [0, 0.1) is 11.8 Å². The number of rotatable bonds is 11. The van der Waals surface area contributed by atoms with Gasteiger partial charge >= 0.3 is 0 Å². The van der Waals surface area contributed by atoms with Crippen molar-refractivity contribution in [2.24, 2.45) is 11.8 Å². The van der Waals surface area contributed by atoms with E-state index in [4.69, 9.17) is 0 Å². The van der Waals surface area contributed by atoms with E-state index in [9.17, 15) is 0 Å². The van der Waals surface area contributed by atoms with Gasteiger partial charge in [-0.25, -0.2) is 0 Å². The van der Waals surface area contributed by atoms with Crippen molar-refractivity contribution in [2.45, 2.75) is 66.8 Å². The topological polar surface area (TPSA) is 15.3 Å². The second kappa shape index (κ2) is 10.8. The standard InChI is InChI=1S/C16H36N2/c1-7-10-18(8-2)11-9-17-16(12-14(3)4)13-15(5)6/h14-17H,7-13H2,1-6H3. The zero-order valence-corrected chi connectivity index (χ0v) is 13.6. The summed E-state index contributed by atoms with van der Waals surface area (Å²) in [7, 11) is 0. The third-order valence-electron chi connectivity index (χ3n) is 3.36. The van der Waals surface area contributed by atoms with E-state index in [1.165, 1.54) is 38.9 Å². The molecule has 0 aliphatic rings. The Morgan fingerprint density at radius 1 is 0.889 bits per heavy atom. The molecule has 0 fully saturated rings. The Bertz CT molecular complexity index is 168. The van der Waals surface area contributed by atoms with Crippen molar-refractivity contribution in [3.63, 3.8) is 0 Å². The zero-order valence-electron chi connectivity index (χ0n) is 13.6. The van der Waals surface area contributed by atoms with E-state index in [1.54, 1.807) is 0 Å². The van der Waals surface area contributed by atoms with E-state index in [-0.39, 0.29) is 0 Å². The van der Waals surface area contributed by atoms with Gasteiger partial charge in [0, 0.05) is 19.1 Å². The molecule has 0 aliphatic heterocycles. The van der Waals surface area contributed by atoms with Crippen LogP contribution in [0.3, 0.4) is 0 Å². The fourth-order valence-electron chi connectivity index (χ4n) is 2.57. The van der Waals surface area contributed by atoms with Crippen LogP contribution >= 0.6 is 0 Å². The van der Waals surface area contributed by atoms with E-state index < -0.39 is 0 Å². The summed E-state index contributed by atoms with van der Waals surface area (Å²) in [5, 5.41) is 3.76. The Hall–Kier alpha value is -0.0800. The molecule has 0 heterocycles. The van der Waals surface area contributed by atoms with Crippen LogP contribution in [-0.4, -0.2) is 37.1 Å². The number of nitrogens with one attached hydrogen (secondary N) is 1. The first kappa shape index (κ1) is 17.9. The average Bonchev–Trinajstić information content (AvgIpc) is 2.26. The summed E-state index contributed by atoms with van der Waals surface area (Å²) >= 11 is 0. The quantitative estimate of drug-likeness (QED) is 0.605. The summed E-state index contributed by atoms with van der Waals surface area (Å²) in [4.78, 5) is 2.54. The SMILES string of the molecule is CCCN(CC)CCNC(CC(C)C)CC(C)C. The van der Waals surface area contributed by atoms with Crippen molar-refractivity contribution >= 4 is 0 Å². The van der Waals surface area contributed by atoms with Gasteiger partial charge in [0.1, 0.15) is 0 Å². The largest absolute Gasteiger partial charge is 0.313 e. The minimum Gasteiger partial charge on any atom is -0.313 e. The summed E-state index contributed by atoms with van der Waals surface area (Å²) in [5.41, 5.74) is 0. The lowest BCUT2D eigenvalue weighted by molar-refractivity contribution is 0.271. The van der Waals surface area contributed by atoms with Crippen molar-refractivity contribution in [3.05, 3.63) is 0 Å². The zero-order chi connectivity index (χ0) is 14.0. The number of hydrogen-bond donors (Lipinski definition) is 1. The van der Waals surface area contributed by atoms with Crippen LogP contribution in [0.25, 0.3) is 0 Å². The van der Waals surface area contributed by atoms with Gasteiger partial charge in [-0.3, -0.25) is 0 Å². The predicted molar refractivity (Wildman–Crippen MR) is 83.1 cm³/mol. The summed E-state index contributed by atoms with van der Waals surface area (Å²) in [6.07, 6.45) is 3.87. The van der Waals surface area contributed by atoms with Crippen LogP contribution in [-0.2, 0) is 0 Å². The second-order valence-electron chi connectivity index (χ2n) is 6.34. The molecule has 0 bridgehead atoms. The first-order chi connectivity index (χ1) is 8.49. The molecular formula is C16H36N2. The lowest BCUT2D eigenvalue weighted by Crippen LogP contribution is -2.38. The summed E-state index contributed by atoms with van der Waals surface area (Å²) in [5.74, 6) is 1.58. The summed E-state index contributed by atoms with van der Waals surface area (Å²) in [6.45, 7) is 18.6. The molecular weight excluding hydrogens is 220 g/mol. The fourth-order valence-corrected chi connectivity index (χ4v) is 2.57. The second-order valence-corrected chi connectivity index (χ2v) is 6.34. The summed E-state index contributed by atoms with van der Waals surface area (Å²) < 4.78 is 0. The molecule has 0 saturated heterocycles. The smallest absolute Gasteiger partial charge is 0.0107 e. The van der Waals surface area contributed by atoms with E-state index >= 15 is 0 Å². The van der Waals surface area contributed by atoms with Gasteiger partial charge in [-0.05, 0) is 44.2 Å². The van der Waals surface area contributed by atoms with E-state index in [0.29, 0.717) is 6.04 Å². The number of nitrogens with zero attached hydrogens (tertiary/aromatic N) is 1. The Balaban J connectivity index is 3.93. The minimum atomic E-state index is 0.699. The first-order valence-electron chi connectivity index (χ1n) is 7.95. The molecule has 0 unspecified atom stereocenters. The molecule has 0 saturated carbocycles. The maximum atomic E-state index is 3.76. The molecule has 0 radical (unpaired) electrons. The first-order valence-corrected chi connectivity index (χ1v) is 7.95. The molecule has 18 heavy (non-hydrogen) atoms. The Kier molecular flexibility index (Phi) is 10.8. The van der Waals surface area contributed by atoms with Gasteiger partial charge in [-0.15, -0.1) is 0 Å². The molecule has 2 nitrogen and oxygen atoms in total. The number of likely N-dealkylation sites (N-methyl/N-ethyl adjacent to an activating group) is 1. The Labute approximate surface area is 116 Å². The Morgan fingerprint density at radius 3 is 1.83 bits per heavy atom.